The number of hydrogen-bond donors (Lipinski definition) is 1. The average Bonchev–Trinajstić information content (AvgIpc) is 2.32. The maximum absolute atomic E-state index is 13.6. The third-order valence-corrected chi connectivity index (χ3v) is 3.25. The molecule has 0 atom stereocenters. The van der Waals surface area contributed by atoms with Gasteiger partial charge in [0.1, 0.15) is 11.6 Å². The van der Waals surface area contributed by atoms with Crippen molar-refractivity contribution >= 4 is 39.1 Å². The lowest BCUT2D eigenvalue weighted by atomic mass is 10.2. The normalized spacial score (nSPS) is 10.3. The van der Waals surface area contributed by atoms with Crippen LogP contribution in [0.3, 0.4) is 0 Å². The van der Waals surface area contributed by atoms with Crippen molar-refractivity contribution in [2.45, 2.75) is 0 Å². The monoisotopic (exact) mass is 345 g/mol. The molecule has 0 saturated carbocycles. The zero-order valence-electron chi connectivity index (χ0n) is 9.38. The van der Waals surface area contributed by atoms with Crippen LogP contribution >= 0.6 is 27.5 Å². The van der Waals surface area contributed by atoms with Crippen LogP contribution in [0.15, 0.2) is 40.9 Å². The van der Waals surface area contributed by atoms with Crippen LogP contribution in [0.25, 0.3) is 0 Å². The summed E-state index contributed by atoms with van der Waals surface area (Å²) in [6.45, 7) is 0. The minimum Gasteiger partial charge on any atom is -0.321 e. The summed E-state index contributed by atoms with van der Waals surface area (Å²) in [5, 5.41) is 2.68. The number of amides is 1. The molecule has 0 heterocycles. The van der Waals surface area contributed by atoms with Gasteiger partial charge in [-0.05, 0) is 52.3 Å². The molecule has 2 aromatic rings. The SMILES string of the molecule is O=C(Nc1ccc(F)cc1Br)c1ccc(Cl)cc1F. The van der Waals surface area contributed by atoms with Gasteiger partial charge in [-0.2, -0.15) is 0 Å². The van der Waals surface area contributed by atoms with Crippen molar-refractivity contribution in [3.63, 3.8) is 0 Å². The van der Waals surface area contributed by atoms with E-state index >= 15 is 0 Å². The molecule has 0 aromatic heterocycles. The minimum atomic E-state index is -0.719. The van der Waals surface area contributed by atoms with Crippen molar-refractivity contribution < 1.29 is 13.6 Å². The highest BCUT2D eigenvalue weighted by atomic mass is 79.9. The molecule has 2 rings (SSSR count). The van der Waals surface area contributed by atoms with Gasteiger partial charge in [-0.3, -0.25) is 4.79 Å². The van der Waals surface area contributed by atoms with Crippen LogP contribution in [-0.2, 0) is 0 Å². The Kier molecular flexibility index (Phi) is 4.17. The first-order chi connectivity index (χ1) is 8.97. The highest BCUT2D eigenvalue weighted by molar-refractivity contribution is 9.10. The summed E-state index contributed by atoms with van der Waals surface area (Å²) in [5.41, 5.74) is 0.210. The summed E-state index contributed by atoms with van der Waals surface area (Å²) < 4.78 is 26.8. The predicted molar refractivity (Wildman–Crippen MR) is 73.5 cm³/mol. The molecule has 2 nitrogen and oxygen atoms in total. The molecular weight excluding hydrogens is 340 g/mol. The van der Waals surface area contributed by atoms with Crippen molar-refractivity contribution in [1.82, 2.24) is 0 Å². The highest BCUT2D eigenvalue weighted by Gasteiger charge is 2.13. The molecule has 0 aliphatic heterocycles. The van der Waals surface area contributed by atoms with Gasteiger partial charge >= 0.3 is 0 Å². The fourth-order valence-corrected chi connectivity index (χ4v) is 2.06. The Morgan fingerprint density at radius 2 is 1.89 bits per heavy atom. The molecule has 6 heteroatoms. The number of halogens is 4. The van der Waals surface area contributed by atoms with Crippen LogP contribution in [0.2, 0.25) is 5.02 Å². The molecular formula is C13H7BrClF2NO. The van der Waals surface area contributed by atoms with Crippen molar-refractivity contribution in [3.05, 3.63) is 63.1 Å². The minimum absolute atomic E-state index is 0.138. The van der Waals surface area contributed by atoms with E-state index in [2.05, 4.69) is 21.2 Å². The third-order valence-electron chi connectivity index (χ3n) is 2.36. The molecule has 98 valence electrons. The predicted octanol–water partition coefficient (Wildman–Crippen LogP) is 4.63. The molecule has 1 amide bonds. The third kappa shape index (κ3) is 3.30. The first-order valence-corrected chi connectivity index (χ1v) is 6.36. The van der Waals surface area contributed by atoms with E-state index in [-0.39, 0.29) is 10.6 Å². The number of carbonyl (C=O) groups is 1. The Morgan fingerprint density at radius 1 is 1.16 bits per heavy atom. The zero-order valence-corrected chi connectivity index (χ0v) is 11.7. The largest absolute Gasteiger partial charge is 0.321 e. The Hall–Kier alpha value is -1.46. The molecule has 0 fully saturated rings. The number of hydrogen-bond acceptors (Lipinski definition) is 1. The van der Waals surface area contributed by atoms with Crippen LogP contribution in [-0.4, -0.2) is 5.91 Å². The van der Waals surface area contributed by atoms with E-state index in [0.29, 0.717) is 10.2 Å². The lowest BCUT2D eigenvalue weighted by Gasteiger charge is -2.08. The Balaban J connectivity index is 2.25. The van der Waals surface area contributed by atoms with Gasteiger partial charge in [0.25, 0.3) is 5.91 Å². The van der Waals surface area contributed by atoms with Crippen molar-refractivity contribution in [2.24, 2.45) is 0 Å². The van der Waals surface area contributed by atoms with E-state index in [0.717, 1.165) is 6.07 Å². The summed E-state index contributed by atoms with van der Waals surface area (Å²) >= 11 is 8.71. The molecule has 2 aromatic carbocycles. The molecule has 0 saturated heterocycles. The van der Waals surface area contributed by atoms with Crippen LogP contribution in [0.1, 0.15) is 10.4 Å². The molecule has 0 unspecified atom stereocenters. The quantitative estimate of drug-likeness (QED) is 0.844. The van der Waals surface area contributed by atoms with E-state index in [4.69, 9.17) is 11.6 Å². The van der Waals surface area contributed by atoms with Gasteiger partial charge in [0.05, 0.1) is 11.3 Å². The first kappa shape index (κ1) is 14.0. The first-order valence-electron chi connectivity index (χ1n) is 5.19. The fourth-order valence-electron chi connectivity index (χ4n) is 1.45. The lowest BCUT2D eigenvalue weighted by molar-refractivity contribution is 0.102. The van der Waals surface area contributed by atoms with Crippen LogP contribution in [0.4, 0.5) is 14.5 Å². The Labute approximate surface area is 121 Å². The van der Waals surface area contributed by atoms with E-state index in [9.17, 15) is 13.6 Å². The van der Waals surface area contributed by atoms with Crippen LogP contribution in [0.5, 0.6) is 0 Å². The second-order valence-electron chi connectivity index (χ2n) is 3.70. The molecule has 0 aliphatic carbocycles. The number of anilines is 1. The molecule has 1 N–H and O–H groups in total. The van der Waals surface area contributed by atoms with Crippen molar-refractivity contribution in [1.29, 1.82) is 0 Å². The average molecular weight is 347 g/mol. The number of carbonyl (C=O) groups excluding carboxylic acids is 1. The molecule has 0 aliphatic rings. The van der Waals surface area contributed by atoms with Crippen LogP contribution in [0, 0.1) is 11.6 Å². The maximum atomic E-state index is 13.6. The topological polar surface area (TPSA) is 29.1 Å². The number of nitrogens with one attached hydrogen (secondary N) is 1. The number of benzene rings is 2. The standard InChI is InChI=1S/C13H7BrClF2NO/c14-10-6-8(16)2-4-12(10)18-13(19)9-3-1-7(15)5-11(9)17/h1-6H,(H,18,19). The zero-order chi connectivity index (χ0) is 14.0. The lowest BCUT2D eigenvalue weighted by Crippen LogP contribution is -2.14. The summed E-state index contributed by atoms with van der Waals surface area (Å²) in [6, 6.07) is 7.53. The van der Waals surface area contributed by atoms with Gasteiger partial charge in [-0.15, -0.1) is 0 Å². The van der Waals surface area contributed by atoms with Gasteiger partial charge < -0.3 is 5.32 Å². The Morgan fingerprint density at radius 3 is 2.53 bits per heavy atom. The smallest absolute Gasteiger partial charge is 0.258 e. The maximum Gasteiger partial charge on any atom is 0.258 e. The van der Waals surface area contributed by atoms with Gasteiger partial charge in [-0.1, -0.05) is 11.6 Å². The van der Waals surface area contributed by atoms with Crippen molar-refractivity contribution in [2.75, 3.05) is 5.32 Å². The van der Waals surface area contributed by atoms with E-state index in [1.807, 2.05) is 0 Å². The van der Waals surface area contributed by atoms with Gasteiger partial charge in [0.15, 0.2) is 0 Å². The second-order valence-corrected chi connectivity index (χ2v) is 4.99. The summed E-state index contributed by atoms with van der Waals surface area (Å²) in [7, 11) is 0. The summed E-state index contributed by atoms with van der Waals surface area (Å²) in [4.78, 5) is 11.9. The Bertz CT molecular complexity index is 649. The van der Waals surface area contributed by atoms with E-state index in [1.165, 1.54) is 30.3 Å². The van der Waals surface area contributed by atoms with E-state index in [1.54, 1.807) is 0 Å². The fraction of sp³-hybridized carbons (Fsp3) is 0. The second kappa shape index (κ2) is 5.67. The van der Waals surface area contributed by atoms with Gasteiger partial charge in [-0.25, -0.2) is 8.78 Å². The van der Waals surface area contributed by atoms with E-state index < -0.39 is 17.5 Å². The van der Waals surface area contributed by atoms with Gasteiger partial charge in [0, 0.05) is 9.50 Å². The molecule has 0 bridgehead atoms. The summed E-state index contributed by atoms with van der Waals surface area (Å²) in [5.74, 6) is -1.80. The summed E-state index contributed by atoms with van der Waals surface area (Å²) in [6.07, 6.45) is 0. The highest BCUT2D eigenvalue weighted by Crippen LogP contribution is 2.24. The molecule has 0 radical (unpaired) electrons. The molecule has 0 spiro atoms. The number of rotatable bonds is 2. The van der Waals surface area contributed by atoms with Crippen molar-refractivity contribution in [3.8, 4) is 0 Å². The van der Waals surface area contributed by atoms with Crippen LogP contribution < -0.4 is 5.32 Å². The molecule has 19 heavy (non-hydrogen) atoms. The van der Waals surface area contributed by atoms with Gasteiger partial charge in [0.2, 0.25) is 0 Å².